The van der Waals surface area contributed by atoms with Gasteiger partial charge in [-0.25, -0.2) is 9.07 Å². The van der Waals surface area contributed by atoms with Crippen molar-refractivity contribution < 1.29 is 23.5 Å². The van der Waals surface area contributed by atoms with Crippen molar-refractivity contribution in [1.82, 2.24) is 15.1 Å². The van der Waals surface area contributed by atoms with Crippen LogP contribution in [0.1, 0.15) is 6.42 Å². The zero-order valence-electron chi connectivity index (χ0n) is 14.3. The van der Waals surface area contributed by atoms with Crippen LogP contribution in [0.5, 0.6) is 5.75 Å². The van der Waals surface area contributed by atoms with E-state index in [1.807, 2.05) is 0 Å². The van der Waals surface area contributed by atoms with Crippen LogP contribution >= 0.6 is 0 Å². The number of hydrogen-bond acceptors (Lipinski definition) is 6. The summed E-state index contributed by atoms with van der Waals surface area (Å²) in [5, 5.41) is 6.63. The van der Waals surface area contributed by atoms with Crippen LogP contribution in [0.2, 0.25) is 0 Å². The maximum absolute atomic E-state index is 13.3. The van der Waals surface area contributed by atoms with Gasteiger partial charge < -0.3 is 14.8 Å². The average Bonchev–Trinajstić information content (AvgIpc) is 2.63. The maximum atomic E-state index is 13.3. The molecule has 2 aromatic rings. The van der Waals surface area contributed by atoms with Crippen molar-refractivity contribution in [2.75, 3.05) is 20.8 Å². The first kappa shape index (κ1) is 19.1. The van der Waals surface area contributed by atoms with E-state index in [1.54, 1.807) is 0 Å². The standard InChI is InChI=1S/C17H18FN3O5/c1-25-14-9-11(18)3-4-12(14)13-5-6-16(23)21(20-13)10-15(22)19-8-7-17(24)26-2/h3-6,9H,7-8,10H2,1-2H3,(H,19,22). The van der Waals surface area contributed by atoms with Gasteiger partial charge in [0.25, 0.3) is 5.56 Å². The molecule has 0 fully saturated rings. The molecule has 1 N–H and O–H groups in total. The Balaban J connectivity index is 2.16. The van der Waals surface area contributed by atoms with Gasteiger partial charge in [0.15, 0.2) is 0 Å². The number of amides is 1. The topological polar surface area (TPSA) is 99.5 Å². The minimum absolute atomic E-state index is 0.0252. The van der Waals surface area contributed by atoms with Crippen LogP contribution in [0.3, 0.4) is 0 Å². The molecule has 1 amide bonds. The Kier molecular flexibility index (Phi) is 6.42. The molecule has 8 nitrogen and oxygen atoms in total. The van der Waals surface area contributed by atoms with Crippen molar-refractivity contribution in [3.05, 3.63) is 46.5 Å². The summed E-state index contributed by atoms with van der Waals surface area (Å²) in [5.74, 6) is -1.15. The third kappa shape index (κ3) is 4.88. The third-order valence-corrected chi connectivity index (χ3v) is 3.48. The Morgan fingerprint density at radius 3 is 2.69 bits per heavy atom. The molecule has 1 aromatic heterocycles. The van der Waals surface area contributed by atoms with E-state index >= 15 is 0 Å². The molecule has 1 aromatic carbocycles. The van der Waals surface area contributed by atoms with E-state index < -0.39 is 23.3 Å². The van der Waals surface area contributed by atoms with Gasteiger partial charge in [-0.1, -0.05) is 0 Å². The van der Waals surface area contributed by atoms with Gasteiger partial charge >= 0.3 is 5.97 Å². The number of esters is 1. The van der Waals surface area contributed by atoms with Gasteiger partial charge in [-0.3, -0.25) is 14.4 Å². The van der Waals surface area contributed by atoms with E-state index in [0.717, 1.165) is 4.68 Å². The Morgan fingerprint density at radius 1 is 1.23 bits per heavy atom. The van der Waals surface area contributed by atoms with Crippen LogP contribution in [0, 0.1) is 5.82 Å². The average molecular weight is 363 g/mol. The first-order chi connectivity index (χ1) is 12.4. The number of nitrogens with zero attached hydrogens (tertiary/aromatic N) is 2. The van der Waals surface area contributed by atoms with Gasteiger partial charge in [-0.2, -0.15) is 5.10 Å². The molecule has 0 aliphatic heterocycles. The lowest BCUT2D eigenvalue weighted by Gasteiger charge is -2.10. The molecule has 0 saturated carbocycles. The highest BCUT2D eigenvalue weighted by atomic mass is 19.1. The highest BCUT2D eigenvalue weighted by molar-refractivity contribution is 5.77. The van der Waals surface area contributed by atoms with Crippen LogP contribution in [0.15, 0.2) is 35.1 Å². The van der Waals surface area contributed by atoms with Crippen molar-refractivity contribution in [2.24, 2.45) is 0 Å². The van der Waals surface area contributed by atoms with Crippen LogP contribution in [-0.4, -0.2) is 42.4 Å². The zero-order chi connectivity index (χ0) is 19.1. The number of methoxy groups -OCH3 is 2. The van der Waals surface area contributed by atoms with Crippen molar-refractivity contribution in [3.63, 3.8) is 0 Å². The Hall–Kier alpha value is -3.23. The number of benzene rings is 1. The fraction of sp³-hybridized carbons (Fsp3) is 0.294. The summed E-state index contributed by atoms with van der Waals surface area (Å²) in [6, 6.07) is 6.64. The first-order valence-electron chi connectivity index (χ1n) is 7.70. The largest absolute Gasteiger partial charge is 0.496 e. The molecule has 2 rings (SSSR count). The number of carbonyl (C=O) groups is 2. The van der Waals surface area contributed by atoms with E-state index in [4.69, 9.17) is 4.74 Å². The molecule has 0 spiro atoms. The minimum atomic E-state index is -0.480. The number of nitrogens with one attached hydrogen (secondary N) is 1. The van der Waals surface area contributed by atoms with E-state index in [1.165, 1.54) is 44.6 Å². The van der Waals surface area contributed by atoms with E-state index in [-0.39, 0.29) is 25.3 Å². The summed E-state index contributed by atoms with van der Waals surface area (Å²) in [4.78, 5) is 34.9. The first-order valence-corrected chi connectivity index (χ1v) is 7.70. The molecule has 0 atom stereocenters. The Labute approximate surface area is 148 Å². The van der Waals surface area contributed by atoms with Gasteiger partial charge in [-0.05, 0) is 18.2 Å². The highest BCUT2D eigenvalue weighted by Crippen LogP contribution is 2.28. The second-order valence-electron chi connectivity index (χ2n) is 5.24. The molecule has 0 aliphatic rings. The molecule has 0 radical (unpaired) electrons. The normalized spacial score (nSPS) is 10.3. The summed E-state index contributed by atoms with van der Waals surface area (Å²) < 4.78 is 23.9. The molecule has 138 valence electrons. The quantitative estimate of drug-likeness (QED) is 0.729. The predicted octanol–water partition coefficient (Wildman–Crippen LogP) is 0.737. The summed E-state index contributed by atoms with van der Waals surface area (Å²) in [6.07, 6.45) is 0.0252. The van der Waals surface area contributed by atoms with Gasteiger partial charge in [0, 0.05) is 24.2 Å². The van der Waals surface area contributed by atoms with Gasteiger partial charge in [-0.15, -0.1) is 0 Å². The molecular formula is C17H18FN3O5. The monoisotopic (exact) mass is 363 g/mol. The summed E-state index contributed by atoms with van der Waals surface area (Å²) >= 11 is 0. The smallest absolute Gasteiger partial charge is 0.307 e. The van der Waals surface area contributed by atoms with Gasteiger partial charge in [0.1, 0.15) is 18.1 Å². The van der Waals surface area contributed by atoms with Crippen molar-refractivity contribution in [3.8, 4) is 17.0 Å². The van der Waals surface area contributed by atoms with E-state index in [9.17, 15) is 18.8 Å². The van der Waals surface area contributed by atoms with E-state index in [2.05, 4.69) is 15.2 Å². The molecule has 26 heavy (non-hydrogen) atoms. The summed E-state index contributed by atoms with van der Waals surface area (Å²) in [6.45, 7) is -0.233. The molecule has 0 aliphatic carbocycles. The van der Waals surface area contributed by atoms with Crippen molar-refractivity contribution in [2.45, 2.75) is 13.0 Å². The number of aromatic nitrogens is 2. The van der Waals surface area contributed by atoms with Crippen molar-refractivity contribution >= 4 is 11.9 Å². The lowest BCUT2D eigenvalue weighted by Crippen LogP contribution is -2.34. The van der Waals surface area contributed by atoms with Crippen LogP contribution in [-0.2, 0) is 20.9 Å². The Morgan fingerprint density at radius 2 is 2.00 bits per heavy atom. The van der Waals surface area contributed by atoms with Crippen LogP contribution in [0.25, 0.3) is 11.3 Å². The molecule has 1 heterocycles. The second kappa shape index (κ2) is 8.75. The molecule has 9 heteroatoms. The summed E-state index contributed by atoms with van der Waals surface area (Å²) in [7, 11) is 2.64. The number of hydrogen-bond donors (Lipinski definition) is 1. The predicted molar refractivity (Wildman–Crippen MR) is 90.1 cm³/mol. The summed E-state index contributed by atoms with van der Waals surface area (Å²) in [5.41, 5.74) is 0.357. The maximum Gasteiger partial charge on any atom is 0.307 e. The van der Waals surface area contributed by atoms with Crippen LogP contribution in [0.4, 0.5) is 4.39 Å². The zero-order valence-corrected chi connectivity index (χ0v) is 14.3. The number of ether oxygens (including phenoxy) is 2. The minimum Gasteiger partial charge on any atom is -0.496 e. The molecule has 0 unspecified atom stereocenters. The second-order valence-corrected chi connectivity index (χ2v) is 5.24. The van der Waals surface area contributed by atoms with Crippen LogP contribution < -0.4 is 15.6 Å². The fourth-order valence-corrected chi connectivity index (χ4v) is 2.18. The lowest BCUT2D eigenvalue weighted by molar-refractivity contribution is -0.140. The molecular weight excluding hydrogens is 345 g/mol. The Bertz CT molecular complexity index is 866. The third-order valence-electron chi connectivity index (χ3n) is 3.48. The molecule has 0 bridgehead atoms. The number of halogens is 1. The number of rotatable bonds is 7. The SMILES string of the molecule is COC(=O)CCNC(=O)Cn1nc(-c2ccc(F)cc2OC)ccc1=O. The molecule has 0 saturated heterocycles. The van der Waals surface area contributed by atoms with Gasteiger partial charge in [0.2, 0.25) is 5.91 Å². The van der Waals surface area contributed by atoms with Gasteiger partial charge in [0.05, 0.1) is 26.3 Å². The van der Waals surface area contributed by atoms with E-state index in [0.29, 0.717) is 11.3 Å². The highest BCUT2D eigenvalue weighted by Gasteiger charge is 2.12. The number of carbonyl (C=O) groups excluding carboxylic acids is 2. The fourth-order valence-electron chi connectivity index (χ4n) is 2.18. The van der Waals surface area contributed by atoms with Crippen molar-refractivity contribution in [1.29, 1.82) is 0 Å². The lowest BCUT2D eigenvalue weighted by atomic mass is 10.1.